The number of hydrogen-bond donors (Lipinski definition) is 1. The Morgan fingerprint density at radius 3 is 2.83 bits per heavy atom. The van der Waals surface area contributed by atoms with Crippen LogP contribution in [0.5, 0.6) is 0 Å². The fourth-order valence-corrected chi connectivity index (χ4v) is 1.37. The third-order valence-electron chi connectivity index (χ3n) is 2.45. The lowest BCUT2D eigenvalue weighted by Gasteiger charge is -2.22. The monoisotopic (exact) mass is 269 g/mol. The fourth-order valence-electron chi connectivity index (χ4n) is 1.22. The minimum Gasteiger partial charge on any atom is -0.394 e. The highest BCUT2D eigenvalue weighted by atomic mass is 35.5. The average molecular weight is 270 g/mol. The lowest BCUT2D eigenvalue weighted by Crippen LogP contribution is -2.33. The van der Waals surface area contributed by atoms with Crippen LogP contribution in [-0.4, -0.2) is 54.5 Å². The fraction of sp³-hybridized carbons (Fsp3) is 0.444. The molecule has 2 rings (SSSR count). The van der Waals surface area contributed by atoms with Gasteiger partial charge in [0.25, 0.3) is 5.95 Å². The summed E-state index contributed by atoms with van der Waals surface area (Å²) < 4.78 is 1.38. The molecular formula is C9H12ClN7O. The van der Waals surface area contributed by atoms with E-state index in [1.807, 2.05) is 6.92 Å². The maximum atomic E-state index is 9.12. The highest BCUT2D eigenvalue weighted by molar-refractivity contribution is 6.28. The van der Waals surface area contributed by atoms with E-state index >= 15 is 0 Å². The number of rotatable bonds is 4. The number of halogens is 1. The van der Waals surface area contributed by atoms with Gasteiger partial charge in [-0.15, -0.1) is 0 Å². The van der Waals surface area contributed by atoms with Crippen LogP contribution in [0.15, 0.2) is 12.7 Å². The van der Waals surface area contributed by atoms with Crippen LogP contribution in [0.1, 0.15) is 6.92 Å². The molecule has 1 unspecified atom stereocenters. The summed E-state index contributed by atoms with van der Waals surface area (Å²) in [5.74, 6) is 0.640. The molecule has 0 aliphatic heterocycles. The van der Waals surface area contributed by atoms with Gasteiger partial charge in [0, 0.05) is 7.05 Å². The zero-order valence-electron chi connectivity index (χ0n) is 9.89. The topological polar surface area (TPSA) is 92.8 Å². The van der Waals surface area contributed by atoms with E-state index in [2.05, 4.69) is 25.0 Å². The molecule has 2 heterocycles. The predicted octanol–water partition coefficient (Wildman–Crippen LogP) is -0.0773. The second-order valence-electron chi connectivity index (χ2n) is 3.69. The first-order valence-corrected chi connectivity index (χ1v) is 5.60. The molecule has 0 bridgehead atoms. The van der Waals surface area contributed by atoms with Crippen molar-refractivity contribution >= 4 is 17.5 Å². The standard InChI is InChI=1S/C9H12ClN7O/c1-6(3-18)16(2)8-13-7(10)14-9(15-8)17-5-11-4-12-17/h4-6,18H,3H2,1-2H3. The van der Waals surface area contributed by atoms with Gasteiger partial charge in [0.05, 0.1) is 12.6 Å². The number of aromatic nitrogens is 6. The second-order valence-corrected chi connectivity index (χ2v) is 4.03. The van der Waals surface area contributed by atoms with E-state index < -0.39 is 0 Å². The Morgan fingerprint density at radius 1 is 1.44 bits per heavy atom. The minimum atomic E-state index is -0.132. The molecule has 18 heavy (non-hydrogen) atoms. The lowest BCUT2D eigenvalue weighted by atomic mass is 10.3. The number of anilines is 1. The van der Waals surface area contributed by atoms with Crippen LogP contribution in [0, 0.1) is 0 Å². The quantitative estimate of drug-likeness (QED) is 0.830. The summed E-state index contributed by atoms with van der Waals surface area (Å²) in [4.78, 5) is 17.7. The Kier molecular flexibility index (Phi) is 3.68. The Balaban J connectivity index is 2.38. The largest absolute Gasteiger partial charge is 0.394 e. The number of aliphatic hydroxyl groups excluding tert-OH is 1. The molecule has 0 spiro atoms. The van der Waals surface area contributed by atoms with Crippen LogP contribution in [0.4, 0.5) is 5.95 Å². The van der Waals surface area contributed by atoms with Gasteiger partial charge in [-0.3, -0.25) is 0 Å². The van der Waals surface area contributed by atoms with Gasteiger partial charge in [0.1, 0.15) is 12.7 Å². The van der Waals surface area contributed by atoms with Crippen molar-refractivity contribution in [3.8, 4) is 5.95 Å². The summed E-state index contributed by atoms with van der Waals surface area (Å²) in [6, 6.07) is -0.132. The summed E-state index contributed by atoms with van der Waals surface area (Å²) >= 11 is 5.85. The average Bonchev–Trinajstić information content (AvgIpc) is 2.90. The van der Waals surface area contributed by atoms with Crippen LogP contribution in [0.25, 0.3) is 5.95 Å². The first kappa shape index (κ1) is 12.7. The van der Waals surface area contributed by atoms with Gasteiger partial charge in [-0.2, -0.15) is 24.7 Å². The van der Waals surface area contributed by atoms with E-state index in [4.69, 9.17) is 16.7 Å². The highest BCUT2D eigenvalue weighted by Gasteiger charge is 2.15. The molecule has 1 N–H and O–H groups in total. The van der Waals surface area contributed by atoms with Crippen molar-refractivity contribution < 1.29 is 5.11 Å². The van der Waals surface area contributed by atoms with E-state index in [1.165, 1.54) is 17.3 Å². The summed E-state index contributed by atoms with van der Waals surface area (Å²) in [6.45, 7) is 1.82. The number of hydrogen-bond acceptors (Lipinski definition) is 7. The first-order valence-electron chi connectivity index (χ1n) is 5.22. The molecule has 96 valence electrons. The van der Waals surface area contributed by atoms with Crippen molar-refractivity contribution in [1.29, 1.82) is 0 Å². The summed E-state index contributed by atoms with van der Waals surface area (Å²) in [7, 11) is 1.76. The van der Waals surface area contributed by atoms with Gasteiger partial charge in [-0.05, 0) is 18.5 Å². The van der Waals surface area contributed by atoms with Crippen molar-refractivity contribution in [2.45, 2.75) is 13.0 Å². The maximum Gasteiger partial charge on any atom is 0.258 e. The number of likely N-dealkylation sites (N-methyl/N-ethyl adjacent to an activating group) is 1. The summed E-state index contributed by atoms with van der Waals surface area (Å²) in [5.41, 5.74) is 0. The third kappa shape index (κ3) is 2.54. The molecular weight excluding hydrogens is 258 g/mol. The van der Waals surface area contributed by atoms with Crippen LogP contribution < -0.4 is 4.90 Å². The van der Waals surface area contributed by atoms with E-state index in [0.717, 1.165) is 0 Å². The lowest BCUT2D eigenvalue weighted by molar-refractivity contribution is 0.269. The zero-order chi connectivity index (χ0) is 13.1. The maximum absolute atomic E-state index is 9.12. The molecule has 0 radical (unpaired) electrons. The van der Waals surface area contributed by atoms with E-state index in [-0.39, 0.29) is 23.9 Å². The van der Waals surface area contributed by atoms with Crippen molar-refractivity contribution in [2.75, 3.05) is 18.6 Å². The van der Waals surface area contributed by atoms with Gasteiger partial charge >= 0.3 is 0 Å². The van der Waals surface area contributed by atoms with E-state index in [9.17, 15) is 0 Å². The number of nitrogens with zero attached hydrogens (tertiary/aromatic N) is 7. The van der Waals surface area contributed by atoms with Crippen molar-refractivity contribution in [3.05, 3.63) is 17.9 Å². The van der Waals surface area contributed by atoms with Crippen molar-refractivity contribution in [3.63, 3.8) is 0 Å². The number of aliphatic hydroxyl groups is 1. The molecule has 2 aromatic rings. The Hall–Kier alpha value is -1.80. The first-order chi connectivity index (χ1) is 8.61. The Bertz CT molecular complexity index is 518. The van der Waals surface area contributed by atoms with Gasteiger partial charge in [-0.25, -0.2) is 4.98 Å². The second kappa shape index (κ2) is 5.23. The normalized spacial score (nSPS) is 12.4. The Labute approximate surface area is 108 Å². The molecule has 0 saturated heterocycles. The zero-order valence-corrected chi connectivity index (χ0v) is 10.7. The molecule has 1 atom stereocenters. The molecule has 9 heteroatoms. The molecule has 0 fully saturated rings. The van der Waals surface area contributed by atoms with Crippen LogP contribution >= 0.6 is 11.6 Å². The summed E-state index contributed by atoms with van der Waals surface area (Å²) in [5, 5.41) is 13.1. The molecule has 8 nitrogen and oxygen atoms in total. The minimum absolute atomic E-state index is 0.0154. The van der Waals surface area contributed by atoms with Gasteiger partial charge in [-0.1, -0.05) is 0 Å². The molecule has 0 aliphatic rings. The molecule has 2 aromatic heterocycles. The van der Waals surface area contributed by atoms with Gasteiger partial charge < -0.3 is 10.0 Å². The van der Waals surface area contributed by atoms with Crippen LogP contribution in [-0.2, 0) is 0 Å². The highest BCUT2D eigenvalue weighted by Crippen LogP contribution is 2.13. The predicted molar refractivity (Wildman–Crippen MR) is 64.7 cm³/mol. The summed E-state index contributed by atoms with van der Waals surface area (Å²) in [6.07, 6.45) is 2.84. The SMILES string of the molecule is CC(CO)N(C)c1nc(Cl)nc(-n2cncn2)n1. The molecule has 0 amide bonds. The third-order valence-corrected chi connectivity index (χ3v) is 2.62. The van der Waals surface area contributed by atoms with Gasteiger partial charge in [0.15, 0.2) is 0 Å². The van der Waals surface area contributed by atoms with Crippen LogP contribution in [0.2, 0.25) is 5.28 Å². The van der Waals surface area contributed by atoms with Crippen LogP contribution in [0.3, 0.4) is 0 Å². The molecule has 0 aromatic carbocycles. The van der Waals surface area contributed by atoms with Crippen molar-refractivity contribution in [2.24, 2.45) is 0 Å². The van der Waals surface area contributed by atoms with E-state index in [0.29, 0.717) is 5.95 Å². The van der Waals surface area contributed by atoms with E-state index in [1.54, 1.807) is 11.9 Å². The van der Waals surface area contributed by atoms with Gasteiger partial charge in [0.2, 0.25) is 11.2 Å². The smallest absolute Gasteiger partial charge is 0.258 e. The van der Waals surface area contributed by atoms with Crippen molar-refractivity contribution in [1.82, 2.24) is 29.7 Å². The Morgan fingerprint density at radius 2 is 2.22 bits per heavy atom. The molecule has 0 aliphatic carbocycles. The molecule has 0 saturated carbocycles.